The zero-order chi connectivity index (χ0) is 10.7. The normalized spacial score (nSPS) is 32.9. The van der Waals surface area contributed by atoms with Gasteiger partial charge in [0.1, 0.15) is 5.78 Å². The van der Waals surface area contributed by atoms with Crippen molar-refractivity contribution in [1.29, 1.82) is 0 Å². The molecule has 2 aliphatic carbocycles. The number of unbranched alkanes of at least 4 members (excludes halogenated alkanes) is 1. The van der Waals surface area contributed by atoms with Crippen molar-refractivity contribution in [3.8, 4) is 12.3 Å². The third-order valence-corrected chi connectivity index (χ3v) is 4.15. The van der Waals surface area contributed by atoms with Crippen molar-refractivity contribution in [3.05, 3.63) is 0 Å². The number of terminal acetylenes is 1. The number of hydrogen-bond acceptors (Lipinski definition) is 1. The molecule has 0 spiro atoms. The van der Waals surface area contributed by atoms with Crippen LogP contribution in [0.4, 0.5) is 0 Å². The van der Waals surface area contributed by atoms with Gasteiger partial charge in [-0.05, 0) is 43.4 Å². The van der Waals surface area contributed by atoms with Crippen molar-refractivity contribution < 1.29 is 4.79 Å². The summed E-state index contributed by atoms with van der Waals surface area (Å²) in [6, 6.07) is 0. The van der Waals surface area contributed by atoms with Gasteiger partial charge in [0, 0.05) is 19.3 Å². The van der Waals surface area contributed by atoms with Gasteiger partial charge in [-0.25, -0.2) is 0 Å². The summed E-state index contributed by atoms with van der Waals surface area (Å²) in [7, 11) is 0. The Bertz CT molecular complexity index is 274. The van der Waals surface area contributed by atoms with Crippen LogP contribution >= 0.6 is 0 Å². The number of carbonyl (C=O) groups is 1. The highest BCUT2D eigenvalue weighted by molar-refractivity contribution is 5.78. The van der Waals surface area contributed by atoms with Crippen molar-refractivity contribution in [3.63, 3.8) is 0 Å². The molecule has 0 aromatic rings. The van der Waals surface area contributed by atoms with Gasteiger partial charge in [0.25, 0.3) is 0 Å². The van der Waals surface area contributed by atoms with Crippen LogP contribution in [-0.2, 0) is 4.79 Å². The second-order valence-electron chi connectivity index (χ2n) is 5.24. The standard InChI is InChI=1S/C14H20O/c1-2-3-4-5-14(15)10-13-9-11-6-7-12(13)8-11/h1,11-13H,3-10H2. The Morgan fingerprint density at radius 3 is 2.80 bits per heavy atom. The zero-order valence-corrected chi connectivity index (χ0v) is 9.37. The van der Waals surface area contributed by atoms with Crippen LogP contribution in [0.15, 0.2) is 0 Å². The predicted molar refractivity (Wildman–Crippen MR) is 61.2 cm³/mol. The van der Waals surface area contributed by atoms with E-state index in [0.717, 1.165) is 37.0 Å². The lowest BCUT2D eigenvalue weighted by Crippen LogP contribution is -2.15. The molecule has 0 aromatic carbocycles. The van der Waals surface area contributed by atoms with E-state index in [4.69, 9.17) is 6.42 Å². The smallest absolute Gasteiger partial charge is 0.133 e. The third kappa shape index (κ3) is 2.62. The highest BCUT2D eigenvalue weighted by Gasteiger charge is 2.39. The van der Waals surface area contributed by atoms with Crippen molar-refractivity contribution in [2.45, 2.75) is 51.4 Å². The summed E-state index contributed by atoms with van der Waals surface area (Å²) in [5.74, 6) is 5.60. The molecule has 1 nitrogen and oxygen atoms in total. The fraction of sp³-hybridized carbons (Fsp3) is 0.786. The molecule has 0 radical (unpaired) electrons. The van der Waals surface area contributed by atoms with Gasteiger partial charge in [-0.2, -0.15) is 0 Å². The van der Waals surface area contributed by atoms with Crippen molar-refractivity contribution >= 4 is 5.78 Å². The van der Waals surface area contributed by atoms with E-state index < -0.39 is 0 Å². The third-order valence-electron chi connectivity index (χ3n) is 4.15. The minimum atomic E-state index is 0.447. The van der Waals surface area contributed by atoms with Crippen LogP contribution in [0.2, 0.25) is 0 Å². The first-order valence-corrected chi connectivity index (χ1v) is 6.24. The first-order valence-electron chi connectivity index (χ1n) is 6.24. The monoisotopic (exact) mass is 204 g/mol. The number of fused-ring (bicyclic) bond motifs is 2. The average Bonchev–Trinajstić information content (AvgIpc) is 2.79. The van der Waals surface area contributed by atoms with Gasteiger partial charge in [-0.15, -0.1) is 12.3 Å². The van der Waals surface area contributed by atoms with E-state index in [1.807, 2.05) is 0 Å². The topological polar surface area (TPSA) is 17.1 Å². The molecule has 15 heavy (non-hydrogen) atoms. The van der Waals surface area contributed by atoms with Crippen LogP contribution < -0.4 is 0 Å². The van der Waals surface area contributed by atoms with Gasteiger partial charge < -0.3 is 0 Å². The van der Waals surface area contributed by atoms with Crippen molar-refractivity contribution in [2.24, 2.45) is 17.8 Å². The van der Waals surface area contributed by atoms with E-state index in [1.165, 1.54) is 25.7 Å². The molecule has 2 rings (SSSR count). The molecule has 0 saturated heterocycles. The summed E-state index contributed by atoms with van der Waals surface area (Å²) in [4.78, 5) is 11.7. The van der Waals surface area contributed by atoms with Gasteiger partial charge in [-0.1, -0.05) is 6.42 Å². The summed E-state index contributed by atoms with van der Waals surface area (Å²) in [5.41, 5.74) is 0. The minimum Gasteiger partial charge on any atom is -0.300 e. The Hall–Kier alpha value is -0.770. The largest absolute Gasteiger partial charge is 0.300 e. The zero-order valence-electron chi connectivity index (χ0n) is 9.37. The van der Waals surface area contributed by atoms with Crippen LogP contribution in [0.5, 0.6) is 0 Å². The fourth-order valence-corrected chi connectivity index (χ4v) is 3.41. The predicted octanol–water partition coefficient (Wildman–Crippen LogP) is 3.19. The molecule has 2 fully saturated rings. The average molecular weight is 204 g/mol. The van der Waals surface area contributed by atoms with Gasteiger partial charge >= 0.3 is 0 Å². The molecule has 0 amide bonds. The quantitative estimate of drug-likeness (QED) is 0.496. The fourth-order valence-electron chi connectivity index (χ4n) is 3.41. The van der Waals surface area contributed by atoms with Crippen LogP contribution in [0, 0.1) is 30.1 Å². The van der Waals surface area contributed by atoms with Crippen LogP contribution in [-0.4, -0.2) is 5.78 Å². The number of ketones is 1. The highest BCUT2D eigenvalue weighted by atomic mass is 16.1. The molecule has 1 heteroatoms. The van der Waals surface area contributed by atoms with Crippen LogP contribution in [0.1, 0.15) is 51.4 Å². The van der Waals surface area contributed by atoms with E-state index >= 15 is 0 Å². The Kier molecular flexibility index (Phi) is 3.46. The second kappa shape index (κ2) is 4.84. The van der Waals surface area contributed by atoms with E-state index in [9.17, 15) is 4.79 Å². The SMILES string of the molecule is C#CCCCC(=O)CC1CC2CCC1C2. The molecule has 0 N–H and O–H groups in total. The summed E-state index contributed by atoms with van der Waals surface area (Å²) in [6.07, 6.45) is 13.9. The van der Waals surface area contributed by atoms with Gasteiger partial charge in [0.2, 0.25) is 0 Å². The van der Waals surface area contributed by atoms with Crippen molar-refractivity contribution in [1.82, 2.24) is 0 Å². The van der Waals surface area contributed by atoms with Gasteiger partial charge in [0.05, 0.1) is 0 Å². The molecule has 82 valence electrons. The maximum Gasteiger partial charge on any atom is 0.133 e. The van der Waals surface area contributed by atoms with E-state index in [2.05, 4.69) is 5.92 Å². The molecular formula is C14H20O. The van der Waals surface area contributed by atoms with Gasteiger partial charge in [-0.3, -0.25) is 4.79 Å². The molecule has 0 aliphatic heterocycles. The molecule has 0 heterocycles. The Morgan fingerprint density at radius 1 is 1.33 bits per heavy atom. The lowest BCUT2D eigenvalue weighted by molar-refractivity contribution is -0.120. The molecule has 2 bridgehead atoms. The highest BCUT2D eigenvalue weighted by Crippen LogP contribution is 2.49. The van der Waals surface area contributed by atoms with Gasteiger partial charge in [0.15, 0.2) is 0 Å². The first-order chi connectivity index (χ1) is 7.29. The summed E-state index contributed by atoms with van der Waals surface area (Å²) >= 11 is 0. The Balaban J connectivity index is 1.69. The lowest BCUT2D eigenvalue weighted by atomic mass is 9.84. The van der Waals surface area contributed by atoms with Crippen LogP contribution in [0.25, 0.3) is 0 Å². The van der Waals surface area contributed by atoms with E-state index in [1.54, 1.807) is 0 Å². The summed E-state index contributed by atoms with van der Waals surface area (Å²) in [6.45, 7) is 0. The first kappa shape index (κ1) is 10.7. The molecule has 2 aliphatic rings. The molecule has 0 aromatic heterocycles. The number of hydrogen-bond donors (Lipinski definition) is 0. The number of Topliss-reactive ketones (excluding diaryl/α,β-unsaturated/α-hetero) is 1. The number of carbonyl (C=O) groups excluding carboxylic acids is 1. The Labute approximate surface area is 92.6 Å². The second-order valence-corrected chi connectivity index (χ2v) is 5.24. The van der Waals surface area contributed by atoms with Crippen molar-refractivity contribution in [2.75, 3.05) is 0 Å². The Morgan fingerprint density at radius 2 is 2.20 bits per heavy atom. The number of rotatable bonds is 5. The molecule has 3 unspecified atom stereocenters. The van der Waals surface area contributed by atoms with E-state index in [-0.39, 0.29) is 0 Å². The summed E-state index contributed by atoms with van der Waals surface area (Å²) in [5, 5.41) is 0. The minimum absolute atomic E-state index is 0.447. The molecule has 3 atom stereocenters. The molecule has 2 saturated carbocycles. The summed E-state index contributed by atoms with van der Waals surface area (Å²) < 4.78 is 0. The lowest BCUT2D eigenvalue weighted by Gasteiger charge is -2.20. The maximum absolute atomic E-state index is 11.7. The maximum atomic E-state index is 11.7. The van der Waals surface area contributed by atoms with Crippen LogP contribution in [0.3, 0.4) is 0 Å². The van der Waals surface area contributed by atoms with E-state index in [0.29, 0.717) is 12.2 Å². The molecular weight excluding hydrogens is 184 g/mol.